The standard InChI is InChI=1S/C18H16FNO3S2/c19-13-3-5-14(6-4-13)24-11-18(22)20-9-15(21)17-8-12(10-25-17)16-2-1-7-23-16/h1-8,10,15,21H,9,11H2,(H,20,22). The summed E-state index contributed by atoms with van der Waals surface area (Å²) >= 11 is 2.73. The Morgan fingerprint density at radius 2 is 2.12 bits per heavy atom. The monoisotopic (exact) mass is 377 g/mol. The molecule has 1 aromatic carbocycles. The van der Waals surface area contributed by atoms with Crippen LogP contribution < -0.4 is 5.32 Å². The molecule has 1 unspecified atom stereocenters. The van der Waals surface area contributed by atoms with E-state index in [1.807, 2.05) is 23.6 Å². The fourth-order valence-corrected chi connectivity index (χ4v) is 3.75. The summed E-state index contributed by atoms with van der Waals surface area (Å²) in [6.45, 7) is 0.140. The molecule has 25 heavy (non-hydrogen) atoms. The highest BCUT2D eigenvalue weighted by molar-refractivity contribution is 8.00. The molecule has 0 bridgehead atoms. The molecule has 3 rings (SSSR count). The van der Waals surface area contributed by atoms with Crippen LogP contribution in [-0.2, 0) is 4.79 Å². The number of carbonyl (C=O) groups excluding carboxylic acids is 1. The number of hydrogen-bond acceptors (Lipinski definition) is 5. The fraction of sp³-hybridized carbons (Fsp3) is 0.167. The van der Waals surface area contributed by atoms with Crippen molar-refractivity contribution < 1.29 is 18.7 Å². The van der Waals surface area contributed by atoms with E-state index in [-0.39, 0.29) is 24.0 Å². The number of thiophene rings is 1. The van der Waals surface area contributed by atoms with Crippen LogP contribution in [0.3, 0.4) is 0 Å². The van der Waals surface area contributed by atoms with Crippen LogP contribution in [-0.4, -0.2) is 23.3 Å². The molecule has 0 fully saturated rings. The van der Waals surface area contributed by atoms with Crippen molar-refractivity contribution in [2.24, 2.45) is 0 Å². The van der Waals surface area contributed by atoms with E-state index in [1.165, 1.54) is 35.2 Å². The number of amides is 1. The Kier molecular flexibility index (Phi) is 5.91. The Morgan fingerprint density at radius 3 is 2.84 bits per heavy atom. The molecule has 2 N–H and O–H groups in total. The lowest BCUT2D eigenvalue weighted by molar-refractivity contribution is -0.119. The molecule has 0 saturated heterocycles. The molecule has 7 heteroatoms. The van der Waals surface area contributed by atoms with Gasteiger partial charge in [0.1, 0.15) is 17.7 Å². The van der Waals surface area contributed by atoms with Crippen LogP contribution in [0.15, 0.2) is 63.4 Å². The third-order valence-corrected chi connectivity index (χ3v) is 5.48. The van der Waals surface area contributed by atoms with Crippen molar-refractivity contribution in [2.75, 3.05) is 12.3 Å². The summed E-state index contributed by atoms with van der Waals surface area (Å²) < 4.78 is 18.1. The minimum absolute atomic E-state index is 0.140. The topological polar surface area (TPSA) is 62.5 Å². The number of thioether (sulfide) groups is 1. The summed E-state index contributed by atoms with van der Waals surface area (Å²) in [6, 6.07) is 11.5. The second-order valence-electron chi connectivity index (χ2n) is 5.28. The van der Waals surface area contributed by atoms with E-state index < -0.39 is 6.10 Å². The van der Waals surface area contributed by atoms with Gasteiger partial charge in [-0.1, -0.05) is 0 Å². The zero-order valence-electron chi connectivity index (χ0n) is 13.1. The molecule has 3 aromatic rings. The number of aliphatic hydroxyl groups is 1. The molecule has 0 radical (unpaired) electrons. The highest BCUT2D eigenvalue weighted by Crippen LogP contribution is 2.29. The lowest BCUT2D eigenvalue weighted by atomic mass is 10.2. The van der Waals surface area contributed by atoms with Crippen LogP contribution in [0.1, 0.15) is 11.0 Å². The highest BCUT2D eigenvalue weighted by atomic mass is 32.2. The molecule has 130 valence electrons. The van der Waals surface area contributed by atoms with Crippen LogP contribution in [0, 0.1) is 5.82 Å². The van der Waals surface area contributed by atoms with Crippen molar-refractivity contribution in [3.05, 3.63) is 64.8 Å². The summed E-state index contributed by atoms with van der Waals surface area (Å²) in [7, 11) is 0. The van der Waals surface area contributed by atoms with Gasteiger partial charge < -0.3 is 14.8 Å². The van der Waals surface area contributed by atoms with Crippen LogP contribution in [0.2, 0.25) is 0 Å². The van der Waals surface area contributed by atoms with Crippen molar-refractivity contribution in [3.63, 3.8) is 0 Å². The summed E-state index contributed by atoms with van der Waals surface area (Å²) in [4.78, 5) is 13.5. The van der Waals surface area contributed by atoms with Gasteiger partial charge in [-0.05, 0) is 42.5 Å². The SMILES string of the molecule is O=C(CSc1ccc(F)cc1)NCC(O)c1cc(-c2ccco2)cs1. The van der Waals surface area contributed by atoms with Gasteiger partial charge in [0.05, 0.1) is 12.0 Å². The third kappa shape index (κ3) is 4.94. The first-order chi connectivity index (χ1) is 12.1. The van der Waals surface area contributed by atoms with Gasteiger partial charge in [-0.15, -0.1) is 23.1 Å². The summed E-state index contributed by atoms with van der Waals surface area (Å²) in [6.07, 6.45) is 0.829. The number of aliphatic hydroxyl groups excluding tert-OH is 1. The number of rotatable bonds is 7. The quantitative estimate of drug-likeness (QED) is 0.609. The van der Waals surface area contributed by atoms with Gasteiger partial charge in [-0.3, -0.25) is 4.79 Å². The maximum Gasteiger partial charge on any atom is 0.230 e. The zero-order valence-corrected chi connectivity index (χ0v) is 14.8. The Morgan fingerprint density at radius 1 is 1.32 bits per heavy atom. The Labute approximate surface area is 152 Å². The van der Waals surface area contributed by atoms with Crippen molar-refractivity contribution in [3.8, 4) is 11.3 Å². The molecule has 2 aromatic heterocycles. The molecule has 0 aliphatic heterocycles. The van der Waals surface area contributed by atoms with Crippen molar-refractivity contribution in [1.29, 1.82) is 0 Å². The van der Waals surface area contributed by atoms with Crippen LogP contribution in [0.25, 0.3) is 11.3 Å². The molecule has 1 amide bonds. The van der Waals surface area contributed by atoms with Gasteiger partial charge in [0.15, 0.2) is 0 Å². The molecule has 0 saturated carbocycles. The fourth-order valence-electron chi connectivity index (χ4n) is 2.14. The molecular formula is C18H16FNO3S2. The predicted octanol–water partition coefficient (Wildman–Crippen LogP) is 4.09. The highest BCUT2D eigenvalue weighted by Gasteiger charge is 2.14. The smallest absolute Gasteiger partial charge is 0.230 e. The van der Waals surface area contributed by atoms with Gasteiger partial charge >= 0.3 is 0 Å². The number of nitrogens with one attached hydrogen (secondary N) is 1. The van der Waals surface area contributed by atoms with E-state index >= 15 is 0 Å². The summed E-state index contributed by atoms with van der Waals surface area (Å²) in [5.41, 5.74) is 0.905. The molecule has 1 atom stereocenters. The first-order valence-corrected chi connectivity index (χ1v) is 9.44. The first kappa shape index (κ1) is 17.7. The molecule has 0 spiro atoms. The van der Waals surface area contributed by atoms with E-state index in [2.05, 4.69) is 5.32 Å². The molecule has 4 nitrogen and oxygen atoms in total. The van der Waals surface area contributed by atoms with Gasteiger partial charge in [0.2, 0.25) is 5.91 Å². The Hall–Kier alpha value is -2.09. The van der Waals surface area contributed by atoms with Crippen molar-refractivity contribution in [1.82, 2.24) is 5.32 Å². The second-order valence-corrected chi connectivity index (χ2v) is 7.27. The minimum Gasteiger partial charge on any atom is -0.464 e. The van der Waals surface area contributed by atoms with Gasteiger partial charge in [-0.25, -0.2) is 4.39 Å². The number of carbonyl (C=O) groups is 1. The number of furan rings is 1. The lowest BCUT2D eigenvalue weighted by Crippen LogP contribution is -2.29. The van der Waals surface area contributed by atoms with E-state index in [0.717, 1.165) is 21.1 Å². The van der Waals surface area contributed by atoms with Crippen LogP contribution in [0.4, 0.5) is 4.39 Å². The average Bonchev–Trinajstić information content (AvgIpc) is 3.30. The lowest BCUT2D eigenvalue weighted by Gasteiger charge is -2.10. The molecule has 2 heterocycles. The Bertz CT molecular complexity index is 815. The average molecular weight is 377 g/mol. The minimum atomic E-state index is -0.770. The maximum atomic E-state index is 12.8. The van der Waals surface area contributed by atoms with Crippen molar-refractivity contribution in [2.45, 2.75) is 11.0 Å². The number of hydrogen-bond donors (Lipinski definition) is 2. The van der Waals surface area contributed by atoms with Crippen LogP contribution >= 0.6 is 23.1 Å². The predicted molar refractivity (Wildman–Crippen MR) is 97.1 cm³/mol. The number of halogens is 1. The van der Waals surface area contributed by atoms with Gasteiger partial charge in [-0.2, -0.15) is 0 Å². The first-order valence-electron chi connectivity index (χ1n) is 7.57. The normalized spacial score (nSPS) is 12.1. The summed E-state index contributed by atoms with van der Waals surface area (Å²) in [5, 5.41) is 14.8. The van der Waals surface area contributed by atoms with Gasteiger partial charge in [0.25, 0.3) is 0 Å². The molecule has 0 aliphatic carbocycles. The van der Waals surface area contributed by atoms with Crippen molar-refractivity contribution >= 4 is 29.0 Å². The van der Waals surface area contributed by atoms with E-state index in [1.54, 1.807) is 18.4 Å². The molecule has 0 aliphatic rings. The Balaban J connectivity index is 1.46. The van der Waals surface area contributed by atoms with E-state index in [9.17, 15) is 14.3 Å². The zero-order chi connectivity index (χ0) is 17.6. The third-order valence-electron chi connectivity index (χ3n) is 3.43. The molecular weight excluding hydrogens is 361 g/mol. The second kappa shape index (κ2) is 8.33. The summed E-state index contributed by atoms with van der Waals surface area (Å²) in [5.74, 6) is 0.466. The van der Waals surface area contributed by atoms with Crippen LogP contribution in [0.5, 0.6) is 0 Å². The number of benzene rings is 1. The largest absolute Gasteiger partial charge is 0.464 e. The van der Waals surface area contributed by atoms with Gasteiger partial charge in [0, 0.05) is 27.3 Å². The van der Waals surface area contributed by atoms with E-state index in [0.29, 0.717) is 0 Å². The van der Waals surface area contributed by atoms with E-state index in [4.69, 9.17) is 4.42 Å². The maximum absolute atomic E-state index is 12.8.